The topological polar surface area (TPSA) is 105 Å². The number of fused-ring (bicyclic) bond motifs is 2. The van der Waals surface area contributed by atoms with E-state index in [9.17, 15) is 4.79 Å². The number of amides is 1. The fourth-order valence-corrected chi connectivity index (χ4v) is 6.36. The summed E-state index contributed by atoms with van der Waals surface area (Å²) in [5.41, 5.74) is 15.7. The molecule has 29 heavy (non-hydrogen) atoms. The van der Waals surface area contributed by atoms with Crippen molar-refractivity contribution in [3.63, 3.8) is 0 Å². The molecule has 1 aliphatic carbocycles. The first-order valence-electron chi connectivity index (χ1n) is 8.75. The van der Waals surface area contributed by atoms with E-state index < -0.39 is 5.91 Å². The van der Waals surface area contributed by atoms with Crippen LogP contribution in [-0.4, -0.2) is 25.0 Å². The van der Waals surface area contributed by atoms with Gasteiger partial charge >= 0.3 is 0 Å². The number of anilines is 1. The SMILES string of the molecule is NC(=O)c1c(N)n(-c2c(Cl)ccc3c2cnn3PI)c2c(Br)c(C3CC3)ncc12. The summed E-state index contributed by atoms with van der Waals surface area (Å²) in [6, 6.07) is 3.75. The fourth-order valence-electron chi connectivity index (χ4n) is 3.75. The predicted octanol–water partition coefficient (Wildman–Crippen LogP) is 5.14. The maximum Gasteiger partial charge on any atom is 0.253 e. The third kappa shape index (κ3) is 2.89. The number of hydrogen-bond acceptors (Lipinski definition) is 4. The molecule has 11 heteroatoms. The summed E-state index contributed by atoms with van der Waals surface area (Å²) in [7, 11) is 0. The van der Waals surface area contributed by atoms with Gasteiger partial charge in [-0.05, 0) is 62.9 Å². The lowest BCUT2D eigenvalue weighted by atomic mass is 10.1. The number of hydrogen-bond donors (Lipinski definition) is 2. The molecule has 1 atom stereocenters. The molecule has 1 unspecified atom stereocenters. The van der Waals surface area contributed by atoms with Crippen LogP contribution in [0.25, 0.3) is 27.5 Å². The maximum atomic E-state index is 12.3. The van der Waals surface area contributed by atoms with Gasteiger partial charge < -0.3 is 11.5 Å². The molecule has 0 bridgehead atoms. The minimum Gasteiger partial charge on any atom is -0.384 e. The molecule has 1 fully saturated rings. The third-order valence-electron chi connectivity index (χ3n) is 5.20. The summed E-state index contributed by atoms with van der Waals surface area (Å²) in [6.45, 7) is 0. The first-order chi connectivity index (χ1) is 13.9. The molecule has 1 aromatic carbocycles. The van der Waals surface area contributed by atoms with Gasteiger partial charge in [-0.3, -0.25) is 14.3 Å². The number of aromatic nitrogens is 4. The summed E-state index contributed by atoms with van der Waals surface area (Å²) in [4.78, 5) is 16.8. The van der Waals surface area contributed by atoms with E-state index in [0.29, 0.717) is 28.4 Å². The summed E-state index contributed by atoms with van der Waals surface area (Å²) in [5, 5.41) is 6.41. The van der Waals surface area contributed by atoms with Gasteiger partial charge in [0.05, 0.1) is 50.0 Å². The van der Waals surface area contributed by atoms with Crippen molar-refractivity contribution in [2.45, 2.75) is 18.8 Å². The van der Waals surface area contributed by atoms with Crippen molar-refractivity contribution >= 4 is 89.5 Å². The molecule has 0 spiro atoms. The van der Waals surface area contributed by atoms with Crippen LogP contribution in [0.3, 0.4) is 0 Å². The highest BCUT2D eigenvalue weighted by molar-refractivity contribution is 14.2. The lowest BCUT2D eigenvalue weighted by Crippen LogP contribution is -2.13. The summed E-state index contributed by atoms with van der Waals surface area (Å²) in [5.74, 6) is 0.0403. The molecule has 0 saturated heterocycles. The Morgan fingerprint density at radius 3 is 2.72 bits per heavy atom. The number of nitrogens with two attached hydrogens (primary N) is 2. The molecular formula is C18H14BrClIN6OP. The van der Waals surface area contributed by atoms with Gasteiger partial charge in [0, 0.05) is 22.9 Å². The van der Waals surface area contributed by atoms with Crippen molar-refractivity contribution in [2.75, 3.05) is 5.73 Å². The minimum absolute atomic E-state index is 0.238. The van der Waals surface area contributed by atoms with Gasteiger partial charge in [0.15, 0.2) is 0 Å². The van der Waals surface area contributed by atoms with Crippen LogP contribution >= 0.6 is 55.9 Å². The zero-order valence-corrected chi connectivity index (χ0v) is 20.3. The second-order valence-corrected chi connectivity index (χ2v) is 10.2. The normalized spacial score (nSPS) is 14.6. The number of primary amides is 1. The minimum atomic E-state index is -0.605. The molecule has 5 rings (SSSR count). The average molecular weight is 604 g/mol. The molecule has 1 amide bonds. The zero-order valence-electron chi connectivity index (χ0n) is 14.8. The van der Waals surface area contributed by atoms with E-state index in [1.54, 1.807) is 17.0 Å². The van der Waals surface area contributed by atoms with E-state index in [-0.39, 0.29) is 11.4 Å². The number of benzene rings is 1. The van der Waals surface area contributed by atoms with Crippen molar-refractivity contribution in [3.8, 4) is 5.69 Å². The Morgan fingerprint density at radius 2 is 2.07 bits per heavy atom. The van der Waals surface area contributed by atoms with Crippen LogP contribution < -0.4 is 11.5 Å². The number of carbonyl (C=O) groups excluding carboxylic acids is 1. The molecule has 1 saturated carbocycles. The molecule has 1 aliphatic rings. The summed E-state index contributed by atoms with van der Waals surface area (Å²) in [6.07, 6.45) is 6.08. The molecular weight excluding hydrogens is 589 g/mol. The predicted molar refractivity (Wildman–Crippen MR) is 130 cm³/mol. The second-order valence-electron chi connectivity index (χ2n) is 6.92. The molecule has 4 N–H and O–H groups in total. The monoisotopic (exact) mass is 602 g/mol. The Bertz CT molecular complexity index is 1330. The number of carbonyl (C=O) groups is 1. The van der Waals surface area contributed by atoms with Crippen LogP contribution in [0.4, 0.5) is 5.82 Å². The molecule has 3 heterocycles. The largest absolute Gasteiger partial charge is 0.384 e. The van der Waals surface area contributed by atoms with Crippen LogP contribution in [0.15, 0.2) is 29.0 Å². The first kappa shape index (κ1) is 19.5. The molecule has 0 aliphatic heterocycles. The number of nitrogens with zero attached hydrogens (tertiary/aromatic N) is 4. The van der Waals surface area contributed by atoms with E-state index in [2.05, 4.69) is 48.1 Å². The smallest absolute Gasteiger partial charge is 0.253 e. The Morgan fingerprint density at radius 1 is 1.31 bits per heavy atom. The molecule has 3 aromatic heterocycles. The van der Waals surface area contributed by atoms with Gasteiger partial charge in [-0.15, -0.1) is 0 Å². The first-order valence-corrected chi connectivity index (χ1v) is 14.0. The van der Waals surface area contributed by atoms with Crippen LogP contribution in [0.1, 0.15) is 34.8 Å². The third-order valence-corrected chi connectivity index (χ3v) is 8.17. The van der Waals surface area contributed by atoms with E-state index >= 15 is 0 Å². The second kappa shape index (κ2) is 7.08. The van der Waals surface area contributed by atoms with Crippen LogP contribution in [0.2, 0.25) is 5.02 Å². The number of pyridine rings is 1. The van der Waals surface area contributed by atoms with Gasteiger partial charge in [-0.2, -0.15) is 5.10 Å². The number of rotatable bonds is 4. The summed E-state index contributed by atoms with van der Waals surface area (Å²) < 4.78 is 4.52. The van der Waals surface area contributed by atoms with Gasteiger partial charge in [0.2, 0.25) is 0 Å². The molecule has 148 valence electrons. The maximum absolute atomic E-state index is 12.3. The zero-order chi connectivity index (χ0) is 20.4. The highest BCUT2D eigenvalue weighted by atomic mass is 127. The van der Waals surface area contributed by atoms with Crippen molar-refractivity contribution in [1.82, 2.24) is 19.1 Å². The number of nitrogen functional groups attached to an aromatic ring is 1. The van der Waals surface area contributed by atoms with Gasteiger partial charge in [0.25, 0.3) is 5.91 Å². The lowest BCUT2D eigenvalue weighted by Gasteiger charge is -2.14. The quantitative estimate of drug-likeness (QED) is 0.249. The van der Waals surface area contributed by atoms with Crippen molar-refractivity contribution in [3.05, 3.63) is 45.3 Å². The lowest BCUT2D eigenvalue weighted by molar-refractivity contribution is 0.100. The summed E-state index contributed by atoms with van der Waals surface area (Å²) >= 11 is 12.7. The molecule has 7 nitrogen and oxygen atoms in total. The van der Waals surface area contributed by atoms with Crippen molar-refractivity contribution < 1.29 is 4.79 Å². The van der Waals surface area contributed by atoms with Crippen LogP contribution in [0, 0.1) is 0 Å². The molecule has 4 aromatic rings. The highest BCUT2D eigenvalue weighted by Gasteiger charge is 2.31. The highest BCUT2D eigenvalue weighted by Crippen LogP contribution is 2.47. The van der Waals surface area contributed by atoms with E-state index in [4.69, 9.17) is 23.1 Å². The molecule has 0 radical (unpaired) electrons. The Balaban J connectivity index is 1.95. The van der Waals surface area contributed by atoms with Gasteiger partial charge in [-0.1, -0.05) is 11.6 Å². The van der Waals surface area contributed by atoms with Gasteiger partial charge in [-0.25, -0.2) is 4.45 Å². The average Bonchev–Trinajstić information content (AvgIpc) is 3.36. The van der Waals surface area contributed by atoms with E-state index in [1.165, 1.54) is 0 Å². The van der Waals surface area contributed by atoms with Crippen LogP contribution in [-0.2, 0) is 0 Å². The van der Waals surface area contributed by atoms with E-state index in [0.717, 1.165) is 39.4 Å². The Kier molecular flexibility index (Phi) is 4.77. The van der Waals surface area contributed by atoms with Crippen molar-refractivity contribution in [2.24, 2.45) is 5.73 Å². The Labute approximate surface area is 193 Å². The number of halogens is 3. The standard InChI is InChI=1S/C18H14BrClIN6OP/c19-13-14(7-1-2-7)24-5-9-12(18(23)28)17(22)26(16(9)13)15-8-6-25-27(29-21)11(8)4-3-10(15)20/h3-7,29H,1-2,22H2,(H2,23,28). The Hall–Kier alpha value is -1.42. The van der Waals surface area contributed by atoms with E-state index in [1.807, 2.05) is 16.6 Å². The van der Waals surface area contributed by atoms with Crippen molar-refractivity contribution in [1.29, 1.82) is 0 Å². The van der Waals surface area contributed by atoms with Gasteiger partial charge in [0.1, 0.15) is 5.82 Å². The fraction of sp³-hybridized carbons (Fsp3) is 0.167. The van der Waals surface area contributed by atoms with Crippen LogP contribution in [0.5, 0.6) is 0 Å².